The van der Waals surface area contributed by atoms with E-state index in [-0.39, 0.29) is 18.4 Å². The van der Waals surface area contributed by atoms with Crippen LogP contribution in [0.5, 0.6) is 0 Å². The summed E-state index contributed by atoms with van der Waals surface area (Å²) in [5.74, 6) is 0.180. The van der Waals surface area contributed by atoms with Crippen molar-refractivity contribution >= 4 is 17.6 Å². The summed E-state index contributed by atoms with van der Waals surface area (Å²) < 4.78 is 15.5. The number of halogens is 1. The maximum atomic E-state index is 13.8. The Balaban J connectivity index is 1.72. The molecule has 1 saturated heterocycles. The predicted molar refractivity (Wildman–Crippen MR) is 121 cm³/mol. The molecule has 1 aromatic carbocycles. The van der Waals surface area contributed by atoms with Gasteiger partial charge in [0.25, 0.3) is 0 Å². The summed E-state index contributed by atoms with van der Waals surface area (Å²) in [7, 11) is 0. The van der Waals surface area contributed by atoms with Crippen molar-refractivity contribution in [1.29, 1.82) is 5.26 Å². The molecule has 3 rings (SSSR count). The SMILES string of the molecule is Cc1c(C#N)c(NC(=O)CN2CCN(C(=O)CC(C)C)CC2)n(-c2cccc(F)c2)c1C. The van der Waals surface area contributed by atoms with Crippen LogP contribution in [0.25, 0.3) is 5.69 Å². The van der Waals surface area contributed by atoms with Gasteiger partial charge in [-0.3, -0.25) is 19.1 Å². The van der Waals surface area contributed by atoms with Crippen LogP contribution in [0.3, 0.4) is 0 Å². The highest BCUT2D eigenvalue weighted by atomic mass is 19.1. The Hall–Kier alpha value is -3.18. The number of carbonyl (C=O) groups is 2. The van der Waals surface area contributed by atoms with Crippen LogP contribution in [-0.2, 0) is 9.59 Å². The van der Waals surface area contributed by atoms with E-state index in [2.05, 4.69) is 11.4 Å². The van der Waals surface area contributed by atoms with Crippen molar-refractivity contribution in [2.24, 2.45) is 5.92 Å². The molecule has 1 N–H and O–H groups in total. The third-order valence-electron chi connectivity index (χ3n) is 5.82. The average Bonchev–Trinajstić information content (AvgIpc) is 2.97. The van der Waals surface area contributed by atoms with Gasteiger partial charge in [-0.2, -0.15) is 5.26 Å². The predicted octanol–water partition coefficient (Wildman–Crippen LogP) is 3.23. The Morgan fingerprint density at radius 1 is 1.19 bits per heavy atom. The zero-order valence-corrected chi connectivity index (χ0v) is 19.1. The van der Waals surface area contributed by atoms with E-state index < -0.39 is 5.82 Å². The molecule has 0 aliphatic carbocycles. The second-order valence-electron chi connectivity index (χ2n) is 8.66. The lowest BCUT2D eigenvalue weighted by atomic mass is 10.1. The van der Waals surface area contributed by atoms with Crippen molar-refractivity contribution < 1.29 is 14.0 Å². The van der Waals surface area contributed by atoms with Gasteiger partial charge in [0.05, 0.1) is 17.8 Å². The molecule has 0 unspecified atom stereocenters. The fraction of sp³-hybridized carbons (Fsp3) is 0.458. The Bertz CT molecular complexity index is 1050. The maximum absolute atomic E-state index is 13.8. The van der Waals surface area contributed by atoms with Gasteiger partial charge >= 0.3 is 0 Å². The smallest absolute Gasteiger partial charge is 0.239 e. The summed E-state index contributed by atoms with van der Waals surface area (Å²) >= 11 is 0. The van der Waals surface area contributed by atoms with Gasteiger partial charge in [0, 0.05) is 38.3 Å². The zero-order chi connectivity index (χ0) is 23.4. The van der Waals surface area contributed by atoms with E-state index in [1.165, 1.54) is 12.1 Å². The zero-order valence-electron chi connectivity index (χ0n) is 19.1. The van der Waals surface area contributed by atoms with Gasteiger partial charge in [0.1, 0.15) is 17.7 Å². The van der Waals surface area contributed by atoms with Crippen molar-refractivity contribution in [2.75, 3.05) is 38.0 Å². The maximum Gasteiger partial charge on any atom is 0.239 e. The first-order valence-electron chi connectivity index (χ1n) is 10.9. The Labute approximate surface area is 188 Å². The second-order valence-corrected chi connectivity index (χ2v) is 8.66. The van der Waals surface area contributed by atoms with Gasteiger partial charge in [-0.05, 0) is 43.5 Å². The molecule has 0 radical (unpaired) electrons. The van der Waals surface area contributed by atoms with E-state index in [9.17, 15) is 19.2 Å². The highest BCUT2D eigenvalue weighted by molar-refractivity contribution is 5.93. The molecule has 2 aromatic rings. The van der Waals surface area contributed by atoms with Gasteiger partial charge in [-0.25, -0.2) is 4.39 Å². The summed E-state index contributed by atoms with van der Waals surface area (Å²) in [6, 6.07) is 8.22. The molecule has 0 saturated carbocycles. The number of nitrogens with one attached hydrogen (secondary N) is 1. The van der Waals surface area contributed by atoms with E-state index in [4.69, 9.17) is 0 Å². The van der Waals surface area contributed by atoms with Crippen molar-refractivity contribution in [1.82, 2.24) is 14.4 Å². The Morgan fingerprint density at radius 2 is 1.88 bits per heavy atom. The standard InChI is InChI=1S/C24H30FN5O2/c1-16(2)12-23(32)29-10-8-28(9-11-29)15-22(31)27-24-21(14-26)17(3)18(4)30(24)20-7-5-6-19(25)13-20/h5-7,13,16H,8-12,15H2,1-4H3,(H,27,31). The lowest BCUT2D eigenvalue weighted by Crippen LogP contribution is -2.50. The molecule has 1 aliphatic heterocycles. The molecule has 0 spiro atoms. The van der Waals surface area contributed by atoms with Crippen LogP contribution in [-0.4, -0.2) is 58.9 Å². The molecule has 0 atom stereocenters. The lowest BCUT2D eigenvalue weighted by Gasteiger charge is -2.34. The van der Waals surface area contributed by atoms with Crippen LogP contribution in [0.1, 0.15) is 37.1 Å². The number of rotatable bonds is 6. The molecule has 2 amide bonds. The Kier molecular flexibility index (Phi) is 7.31. The van der Waals surface area contributed by atoms with E-state index in [1.54, 1.807) is 16.7 Å². The van der Waals surface area contributed by atoms with Gasteiger partial charge in [0.2, 0.25) is 11.8 Å². The molecular formula is C24H30FN5O2. The number of piperazine rings is 1. The summed E-state index contributed by atoms with van der Waals surface area (Å²) in [5, 5.41) is 12.6. The minimum absolute atomic E-state index is 0.154. The van der Waals surface area contributed by atoms with E-state index in [0.29, 0.717) is 55.6 Å². The van der Waals surface area contributed by atoms with Crippen LogP contribution in [0.4, 0.5) is 10.2 Å². The van der Waals surface area contributed by atoms with Gasteiger partial charge < -0.3 is 10.2 Å². The Morgan fingerprint density at radius 3 is 2.47 bits per heavy atom. The monoisotopic (exact) mass is 439 g/mol. The minimum Gasteiger partial charge on any atom is -0.340 e. The summed E-state index contributed by atoms with van der Waals surface area (Å²) in [6.45, 7) is 10.3. The molecule has 7 nitrogen and oxygen atoms in total. The first-order chi connectivity index (χ1) is 15.2. The number of nitrogens with zero attached hydrogens (tertiary/aromatic N) is 4. The summed E-state index contributed by atoms with van der Waals surface area (Å²) in [4.78, 5) is 28.9. The normalized spacial score (nSPS) is 14.5. The van der Waals surface area contributed by atoms with Crippen LogP contribution in [0, 0.1) is 36.9 Å². The molecular weight excluding hydrogens is 409 g/mol. The first-order valence-corrected chi connectivity index (χ1v) is 10.9. The number of aromatic nitrogens is 1. The van der Waals surface area contributed by atoms with Crippen LogP contribution >= 0.6 is 0 Å². The highest BCUT2D eigenvalue weighted by Crippen LogP contribution is 2.30. The van der Waals surface area contributed by atoms with E-state index in [0.717, 1.165) is 11.3 Å². The van der Waals surface area contributed by atoms with Crippen molar-refractivity contribution in [3.63, 3.8) is 0 Å². The van der Waals surface area contributed by atoms with Crippen LogP contribution in [0.2, 0.25) is 0 Å². The number of nitriles is 1. The number of hydrogen-bond donors (Lipinski definition) is 1. The fourth-order valence-electron chi connectivity index (χ4n) is 4.01. The quantitative estimate of drug-likeness (QED) is 0.749. The number of amides is 2. The van der Waals surface area contributed by atoms with Crippen molar-refractivity contribution in [3.05, 3.63) is 46.9 Å². The van der Waals surface area contributed by atoms with E-state index >= 15 is 0 Å². The molecule has 1 aromatic heterocycles. The third-order valence-corrected chi connectivity index (χ3v) is 5.82. The van der Waals surface area contributed by atoms with Crippen LogP contribution in [0.15, 0.2) is 24.3 Å². The molecule has 32 heavy (non-hydrogen) atoms. The van der Waals surface area contributed by atoms with Crippen molar-refractivity contribution in [3.8, 4) is 11.8 Å². The second kappa shape index (κ2) is 9.96. The van der Waals surface area contributed by atoms with Gasteiger partial charge in [-0.15, -0.1) is 0 Å². The fourth-order valence-corrected chi connectivity index (χ4v) is 4.01. The summed E-state index contributed by atoms with van der Waals surface area (Å²) in [6.07, 6.45) is 0.535. The molecule has 0 bridgehead atoms. The molecule has 8 heteroatoms. The van der Waals surface area contributed by atoms with Gasteiger partial charge in [-0.1, -0.05) is 19.9 Å². The highest BCUT2D eigenvalue weighted by Gasteiger charge is 2.25. The molecule has 170 valence electrons. The third kappa shape index (κ3) is 5.17. The lowest BCUT2D eigenvalue weighted by molar-refractivity contribution is -0.133. The number of anilines is 1. The summed E-state index contributed by atoms with van der Waals surface area (Å²) in [5.41, 5.74) is 2.41. The number of hydrogen-bond acceptors (Lipinski definition) is 4. The van der Waals surface area contributed by atoms with Crippen molar-refractivity contribution in [2.45, 2.75) is 34.1 Å². The molecule has 2 heterocycles. The molecule has 1 fully saturated rings. The first kappa shape index (κ1) is 23.5. The number of carbonyl (C=O) groups excluding carboxylic acids is 2. The number of benzene rings is 1. The van der Waals surface area contributed by atoms with Crippen LogP contribution < -0.4 is 5.32 Å². The topological polar surface area (TPSA) is 81.4 Å². The average molecular weight is 440 g/mol. The minimum atomic E-state index is -0.395. The van der Waals surface area contributed by atoms with Gasteiger partial charge in [0.15, 0.2) is 0 Å². The molecule has 1 aliphatic rings. The van der Waals surface area contributed by atoms with E-state index in [1.807, 2.05) is 37.5 Å². The largest absolute Gasteiger partial charge is 0.340 e.